The zero-order valence-corrected chi connectivity index (χ0v) is 11.6. The summed E-state index contributed by atoms with van der Waals surface area (Å²) in [5, 5.41) is 2.14. The second-order valence-electron chi connectivity index (χ2n) is 5.60. The molecule has 2 rings (SSSR count). The zero-order chi connectivity index (χ0) is 12.1. The maximum atomic E-state index is 6.51. The van der Waals surface area contributed by atoms with E-state index in [1.807, 2.05) is 5.51 Å². The Morgan fingerprint density at radius 3 is 2.82 bits per heavy atom. The molecule has 3 heteroatoms. The molecular weight excluding hydrogens is 228 g/mol. The predicted molar refractivity (Wildman–Crippen MR) is 74.2 cm³/mol. The summed E-state index contributed by atoms with van der Waals surface area (Å²) in [6.07, 6.45) is 10.1. The molecule has 0 radical (unpaired) electrons. The standard InChI is InChI=1S/C14H24N2S/c1-2-3-4-12-5-7-14(15,8-6-12)9-13-10-17-11-16-13/h10-12H,2-9,15H2,1H3. The smallest absolute Gasteiger partial charge is 0.0794 e. The van der Waals surface area contributed by atoms with Gasteiger partial charge in [-0.1, -0.05) is 26.2 Å². The lowest BCUT2D eigenvalue weighted by Gasteiger charge is -2.37. The maximum Gasteiger partial charge on any atom is 0.0794 e. The van der Waals surface area contributed by atoms with Crippen LogP contribution in [0.2, 0.25) is 0 Å². The first-order valence-corrected chi connectivity index (χ1v) is 7.82. The number of thiazole rings is 1. The molecular formula is C14H24N2S. The first kappa shape index (κ1) is 13.0. The lowest BCUT2D eigenvalue weighted by molar-refractivity contribution is 0.220. The van der Waals surface area contributed by atoms with Crippen molar-refractivity contribution in [3.63, 3.8) is 0 Å². The Hall–Kier alpha value is -0.410. The van der Waals surface area contributed by atoms with Crippen LogP contribution in [0.5, 0.6) is 0 Å². The number of nitrogens with zero attached hydrogens (tertiary/aromatic N) is 1. The summed E-state index contributed by atoms with van der Waals surface area (Å²) >= 11 is 1.67. The van der Waals surface area contributed by atoms with Gasteiger partial charge in [-0.05, 0) is 31.6 Å². The van der Waals surface area contributed by atoms with Crippen LogP contribution < -0.4 is 5.73 Å². The van der Waals surface area contributed by atoms with Crippen molar-refractivity contribution in [1.82, 2.24) is 4.98 Å². The van der Waals surface area contributed by atoms with Crippen LogP contribution in [-0.2, 0) is 6.42 Å². The second-order valence-corrected chi connectivity index (χ2v) is 6.32. The van der Waals surface area contributed by atoms with E-state index in [2.05, 4.69) is 17.3 Å². The molecule has 0 atom stereocenters. The van der Waals surface area contributed by atoms with Crippen LogP contribution in [0.1, 0.15) is 57.6 Å². The topological polar surface area (TPSA) is 38.9 Å². The Labute approximate surface area is 109 Å². The van der Waals surface area contributed by atoms with E-state index in [0.717, 1.165) is 12.3 Å². The highest BCUT2D eigenvalue weighted by atomic mass is 32.1. The largest absolute Gasteiger partial charge is 0.325 e. The van der Waals surface area contributed by atoms with Gasteiger partial charge in [0.25, 0.3) is 0 Å². The van der Waals surface area contributed by atoms with Gasteiger partial charge in [-0.2, -0.15) is 0 Å². The van der Waals surface area contributed by atoms with Crippen molar-refractivity contribution in [2.75, 3.05) is 0 Å². The number of nitrogens with two attached hydrogens (primary N) is 1. The SMILES string of the molecule is CCCCC1CCC(N)(Cc2cscn2)CC1. The molecule has 2 nitrogen and oxygen atoms in total. The lowest BCUT2D eigenvalue weighted by Crippen LogP contribution is -2.45. The van der Waals surface area contributed by atoms with Crippen LogP contribution in [0, 0.1) is 5.92 Å². The summed E-state index contributed by atoms with van der Waals surface area (Å²) in [5.74, 6) is 0.932. The fourth-order valence-corrected chi connectivity index (χ4v) is 3.45. The Balaban J connectivity index is 1.80. The molecule has 0 spiro atoms. The van der Waals surface area contributed by atoms with E-state index in [0.29, 0.717) is 0 Å². The van der Waals surface area contributed by atoms with Crippen molar-refractivity contribution in [3.8, 4) is 0 Å². The van der Waals surface area contributed by atoms with E-state index >= 15 is 0 Å². The van der Waals surface area contributed by atoms with Crippen LogP contribution in [0.25, 0.3) is 0 Å². The van der Waals surface area contributed by atoms with Crippen LogP contribution in [0.4, 0.5) is 0 Å². The van der Waals surface area contributed by atoms with Crippen molar-refractivity contribution in [2.45, 2.75) is 63.8 Å². The van der Waals surface area contributed by atoms with Gasteiger partial charge < -0.3 is 5.73 Å². The average molecular weight is 252 g/mol. The summed E-state index contributed by atoms with van der Waals surface area (Å²) in [4.78, 5) is 4.36. The summed E-state index contributed by atoms with van der Waals surface area (Å²) in [5.41, 5.74) is 9.62. The molecule has 0 amide bonds. The average Bonchev–Trinajstić information content (AvgIpc) is 2.81. The van der Waals surface area contributed by atoms with Gasteiger partial charge in [0.15, 0.2) is 0 Å². The van der Waals surface area contributed by atoms with E-state index in [9.17, 15) is 0 Å². The second kappa shape index (κ2) is 5.96. The molecule has 1 aliphatic carbocycles. The summed E-state index contributed by atoms with van der Waals surface area (Å²) in [6, 6.07) is 0. The molecule has 1 aromatic heterocycles. The first-order valence-electron chi connectivity index (χ1n) is 6.88. The molecule has 2 N–H and O–H groups in total. The number of hydrogen-bond donors (Lipinski definition) is 1. The molecule has 0 bridgehead atoms. The molecule has 17 heavy (non-hydrogen) atoms. The number of hydrogen-bond acceptors (Lipinski definition) is 3. The highest BCUT2D eigenvalue weighted by Gasteiger charge is 2.31. The molecule has 96 valence electrons. The van der Waals surface area contributed by atoms with Gasteiger partial charge in [-0.25, -0.2) is 4.98 Å². The number of aromatic nitrogens is 1. The fraction of sp³-hybridized carbons (Fsp3) is 0.786. The van der Waals surface area contributed by atoms with E-state index in [1.165, 1.54) is 50.6 Å². The minimum atomic E-state index is 0.0246. The highest BCUT2D eigenvalue weighted by Crippen LogP contribution is 2.35. The zero-order valence-electron chi connectivity index (χ0n) is 10.8. The van der Waals surface area contributed by atoms with Gasteiger partial charge in [0.1, 0.15) is 0 Å². The van der Waals surface area contributed by atoms with Gasteiger partial charge in [0, 0.05) is 17.3 Å². The van der Waals surface area contributed by atoms with E-state index < -0.39 is 0 Å². The van der Waals surface area contributed by atoms with Crippen LogP contribution in [0.15, 0.2) is 10.9 Å². The quantitative estimate of drug-likeness (QED) is 0.866. The minimum absolute atomic E-state index is 0.0246. The normalized spacial score (nSPS) is 29.4. The third-order valence-corrected chi connectivity index (χ3v) is 4.72. The number of unbranched alkanes of at least 4 members (excludes halogenated alkanes) is 1. The molecule has 0 unspecified atom stereocenters. The summed E-state index contributed by atoms with van der Waals surface area (Å²) in [6.45, 7) is 2.28. The van der Waals surface area contributed by atoms with Crippen molar-refractivity contribution in [2.24, 2.45) is 11.7 Å². The number of rotatable bonds is 5. The third kappa shape index (κ3) is 3.78. The fourth-order valence-electron chi connectivity index (χ4n) is 2.90. The van der Waals surface area contributed by atoms with Crippen molar-refractivity contribution in [1.29, 1.82) is 0 Å². The minimum Gasteiger partial charge on any atom is -0.325 e. The Kier molecular flexibility index (Phi) is 4.57. The molecule has 1 saturated carbocycles. The van der Waals surface area contributed by atoms with Gasteiger partial charge in [-0.15, -0.1) is 11.3 Å². The lowest BCUT2D eigenvalue weighted by atomic mass is 9.73. The summed E-state index contributed by atoms with van der Waals surface area (Å²) < 4.78 is 0. The van der Waals surface area contributed by atoms with E-state index in [4.69, 9.17) is 5.73 Å². The molecule has 1 aromatic rings. The van der Waals surface area contributed by atoms with E-state index in [1.54, 1.807) is 11.3 Å². The predicted octanol–water partition coefficient (Wildman–Crippen LogP) is 3.76. The third-order valence-electron chi connectivity index (χ3n) is 4.08. The van der Waals surface area contributed by atoms with Gasteiger partial charge in [0.05, 0.1) is 11.2 Å². The maximum absolute atomic E-state index is 6.51. The van der Waals surface area contributed by atoms with Gasteiger partial charge in [0.2, 0.25) is 0 Å². The molecule has 1 aliphatic rings. The van der Waals surface area contributed by atoms with Gasteiger partial charge in [-0.3, -0.25) is 0 Å². The van der Waals surface area contributed by atoms with Crippen LogP contribution in [0.3, 0.4) is 0 Å². The van der Waals surface area contributed by atoms with Crippen molar-refractivity contribution >= 4 is 11.3 Å². The Morgan fingerprint density at radius 1 is 1.47 bits per heavy atom. The molecule has 1 heterocycles. The molecule has 1 fully saturated rings. The van der Waals surface area contributed by atoms with Crippen LogP contribution >= 0.6 is 11.3 Å². The Morgan fingerprint density at radius 2 is 2.24 bits per heavy atom. The van der Waals surface area contributed by atoms with Crippen molar-refractivity contribution in [3.05, 3.63) is 16.6 Å². The summed E-state index contributed by atoms with van der Waals surface area (Å²) in [7, 11) is 0. The molecule has 0 aliphatic heterocycles. The Bertz CT molecular complexity index is 313. The first-order chi connectivity index (χ1) is 8.22. The van der Waals surface area contributed by atoms with Crippen LogP contribution in [-0.4, -0.2) is 10.5 Å². The highest BCUT2D eigenvalue weighted by molar-refractivity contribution is 7.07. The van der Waals surface area contributed by atoms with Crippen molar-refractivity contribution < 1.29 is 0 Å². The van der Waals surface area contributed by atoms with E-state index in [-0.39, 0.29) is 5.54 Å². The molecule has 0 aromatic carbocycles. The van der Waals surface area contributed by atoms with Gasteiger partial charge >= 0.3 is 0 Å². The molecule has 0 saturated heterocycles. The monoisotopic (exact) mass is 252 g/mol.